The van der Waals surface area contributed by atoms with Gasteiger partial charge in [-0.05, 0) is 30.2 Å². The van der Waals surface area contributed by atoms with Crippen LogP contribution in [-0.2, 0) is 4.79 Å². The summed E-state index contributed by atoms with van der Waals surface area (Å²) in [6, 6.07) is 17.5. The van der Waals surface area contributed by atoms with Crippen molar-refractivity contribution in [1.29, 1.82) is 0 Å². The molecule has 0 aromatic heterocycles. The number of benzene rings is 2. The van der Waals surface area contributed by atoms with Crippen LogP contribution in [0.4, 0.5) is 5.69 Å². The summed E-state index contributed by atoms with van der Waals surface area (Å²) < 4.78 is 11.4. The Morgan fingerprint density at radius 3 is 2.48 bits per heavy atom. The van der Waals surface area contributed by atoms with E-state index in [9.17, 15) is 4.79 Å². The van der Waals surface area contributed by atoms with Crippen LogP contribution in [-0.4, -0.2) is 31.2 Å². The molecule has 5 heteroatoms. The number of anilines is 1. The number of carbonyl (C=O) groups is 1. The Morgan fingerprint density at radius 1 is 1.08 bits per heavy atom. The Hall–Kier alpha value is -2.69. The summed E-state index contributed by atoms with van der Waals surface area (Å²) in [6.07, 6.45) is -0.626. The van der Waals surface area contributed by atoms with Gasteiger partial charge in [0.05, 0.1) is 0 Å². The third kappa shape index (κ3) is 4.44. The van der Waals surface area contributed by atoms with Crippen LogP contribution in [0.1, 0.15) is 13.8 Å². The lowest BCUT2D eigenvalue weighted by molar-refractivity contribution is -0.130. The van der Waals surface area contributed by atoms with Crippen LogP contribution >= 0.6 is 0 Å². The summed E-state index contributed by atoms with van der Waals surface area (Å²) in [5.41, 5.74) is 1.04. The van der Waals surface area contributed by atoms with Crippen molar-refractivity contribution in [3.63, 3.8) is 0 Å². The van der Waals surface area contributed by atoms with Gasteiger partial charge in [0.1, 0.15) is 6.61 Å². The Bertz CT molecular complexity index is 703. The molecule has 2 unspecified atom stereocenters. The summed E-state index contributed by atoms with van der Waals surface area (Å²) in [7, 11) is 0. The molecule has 1 aliphatic rings. The quantitative estimate of drug-likeness (QED) is 0.848. The van der Waals surface area contributed by atoms with E-state index in [0.717, 1.165) is 5.69 Å². The minimum atomic E-state index is -0.626. The van der Waals surface area contributed by atoms with Gasteiger partial charge in [0, 0.05) is 18.3 Å². The summed E-state index contributed by atoms with van der Waals surface area (Å²) in [4.78, 5) is 12.4. The van der Waals surface area contributed by atoms with Crippen LogP contribution in [0.25, 0.3) is 0 Å². The van der Waals surface area contributed by atoms with Crippen molar-refractivity contribution in [2.45, 2.75) is 26.0 Å². The summed E-state index contributed by atoms with van der Waals surface area (Å²) in [5, 5.41) is 6.44. The van der Waals surface area contributed by atoms with Gasteiger partial charge in [0.15, 0.2) is 11.5 Å². The number of nitrogens with one attached hydrogen (secondary N) is 2. The van der Waals surface area contributed by atoms with Crippen LogP contribution < -0.4 is 20.1 Å². The average Bonchev–Trinajstić information content (AvgIpc) is 2.65. The molecule has 25 heavy (non-hydrogen) atoms. The molecule has 2 aromatic carbocycles. The van der Waals surface area contributed by atoms with Crippen molar-refractivity contribution < 1.29 is 14.3 Å². The number of rotatable bonds is 6. The minimum absolute atomic E-state index is 0.128. The van der Waals surface area contributed by atoms with Crippen molar-refractivity contribution in [2.75, 3.05) is 18.5 Å². The maximum atomic E-state index is 12.4. The number of para-hydroxylation sites is 3. The number of hydrogen-bond donors (Lipinski definition) is 2. The molecular formula is C20H24N2O3. The molecule has 0 saturated carbocycles. The number of amides is 1. The molecule has 0 radical (unpaired) electrons. The first-order valence-corrected chi connectivity index (χ1v) is 8.61. The fraction of sp³-hybridized carbons (Fsp3) is 0.350. The second-order valence-electron chi connectivity index (χ2n) is 6.47. The maximum absolute atomic E-state index is 12.4. The zero-order valence-corrected chi connectivity index (χ0v) is 14.6. The largest absolute Gasteiger partial charge is 0.485 e. The molecule has 0 saturated heterocycles. The van der Waals surface area contributed by atoms with Crippen LogP contribution in [0.3, 0.4) is 0 Å². The standard InChI is InChI=1S/C20H24N2O3/c1-14(2)16(22-15-8-4-3-5-9-15)12-21-20(23)19-13-24-17-10-6-7-11-18(17)25-19/h3-11,14,16,19,22H,12-13H2,1-2H3,(H,21,23). The molecule has 2 aromatic rings. The first-order valence-electron chi connectivity index (χ1n) is 8.61. The van der Waals surface area contributed by atoms with Gasteiger partial charge >= 0.3 is 0 Å². The predicted molar refractivity (Wildman–Crippen MR) is 98.1 cm³/mol. The monoisotopic (exact) mass is 340 g/mol. The van der Waals surface area contributed by atoms with Gasteiger partial charge in [-0.15, -0.1) is 0 Å². The Morgan fingerprint density at radius 2 is 1.76 bits per heavy atom. The van der Waals surface area contributed by atoms with E-state index < -0.39 is 6.10 Å². The van der Waals surface area contributed by atoms with E-state index in [2.05, 4.69) is 24.5 Å². The highest BCUT2D eigenvalue weighted by atomic mass is 16.6. The van der Waals surface area contributed by atoms with Crippen LogP contribution in [0.15, 0.2) is 54.6 Å². The fourth-order valence-electron chi connectivity index (χ4n) is 2.67. The van der Waals surface area contributed by atoms with Crippen molar-refractivity contribution in [2.24, 2.45) is 5.92 Å². The van der Waals surface area contributed by atoms with E-state index in [0.29, 0.717) is 24.0 Å². The van der Waals surface area contributed by atoms with Gasteiger partial charge < -0.3 is 20.1 Å². The minimum Gasteiger partial charge on any atom is -0.485 e. The third-order valence-corrected chi connectivity index (χ3v) is 4.23. The number of hydrogen-bond acceptors (Lipinski definition) is 4. The molecule has 1 heterocycles. The van der Waals surface area contributed by atoms with E-state index >= 15 is 0 Å². The van der Waals surface area contributed by atoms with E-state index in [1.54, 1.807) is 0 Å². The first-order chi connectivity index (χ1) is 12.1. The highest BCUT2D eigenvalue weighted by molar-refractivity contribution is 5.81. The average molecular weight is 340 g/mol. The van der Waals surface area contributed by atoms with E-state index in [4.69, 9.17) is 9.47 Å². The van der Waals surface area contributed by atoms with Crippen molar-refractivity contribution >= 4 is 11.6 Å². The second-order valence-corrected chi connectivity index (χ2v) is 6.47. The normalized spacial score (nSPS) is 17.0. The number of carbonyl (C=O) groups excluding carboxylic acids is 1. The van der Waals surface area contributed by atoms with E-state index in [1.165, 1.54) is 0 Å². The third-order valence-electron chi connectivity index (χ3n) is 4.23. The van der Waals surface area contributed by atoms with E-state index in [1.807, 2.05) is 54.6 Å². The zero-order chi connectivity index (χ0) is 17.6. The topological polar surface area (TPSA) is 59.6 Å². The summed E-state index contributed by atoms with van der Waals surface area (Å²) in [5.74, 6) is 1.49. The molecule has 2 atom stereocenters. The Balaban J connectivity index is 1.55. The van der Waals surface area contributed by atoms with Gasteiger partial charge in [0.25, 0.3) is 5.91 Å². The van der Waals surface area contributed by atoms with E-state index in [-0.39, 0.29) is 18.6 Å². The maximum Gasteiger partial charge on any atom is 0.264 e. The highest BCUT2D eigenvalue weighted by Crippen LogP contribution is 2.30. The fourth-order valence-corrected chi connectivity index (χ4v) is 2.67. The van der Waals surface area contributed by atoms with Gasteiger partial charge in [-0.3, -0.25) is 4.79 Å². The molecule has 0 spiro atoms. The highest BCUT2D eigenvalue weighted by Gasteiger charge is 2.27. The molecule has 5 nitrogen and oxygen atoms in total. The zero-order valence-electron chi connectivity index (χ0n) is 14.6. The molecule has 132 valence electrons. The van der Waals surface area contributed by atoms with Gasteiger partial charge in [0.2, 0.25) is 6.10 Å². The second kappa shape index (κ2) is 7.92. The lowest BCUT2D eigenvalue weighted by Gasteiger charge is -2.28. The lowest BCUT2D eigenvalue weighted by Crippen LogP contribution is -2.48. The van der Waals surface area contributed by atoms with Crippen molar-refractivity contribution in [3.8, 4) is 11.5 Å². The molecule has 1 amide bonds. The van der Waals surface area contributed by atoms with Gasteiger partial charge in [-0.25, -0.2) is 0 Å². The molecular weight excluding hydrogens is 316 g/mol. The van der Waals surface area contributed by atoms with Crippen LogP contribution in [0.5, 0.6) is 11.5 Å². The Labute approximate surface area is 148 Å². The van der Waals surface area contributed by atoms with Crippen LogP contribution in [0.2, 0.25) is 0 Å². The molecule has 1 aliphatic heterocycles. The summed E-state index contributed by atoms with van der Waals surface area (Å²) in [6.45, 7) is 5.00. The first kappa shape index (κ1) is 17.1. The van der Waals surface area contributed by atoms with Crippen molar-refractivity contribution in [3.05, 3.63) is 54.6 Å². The summed E-state index contributed by atoms with van der Waals surface area (Å²) >= 11 is 0. The van der Waals surface area contributed by atoms with Crippen LogP contribution in [0, 0.1) is 5.92 Å². The Kier molecular flexibility index (Phi) is 5.43. The molecule has 0 aliphatic carbocycles. The molecule has 3 rings (SSSR count). The number of fused-ring (bicyclic) bond motifs is 1. The lowest BCUT2D eigenvalue weighted by atomic mass is 10.0. The van der Waals surface area contributed by atoms with Gasteiger partial charge in [-0.2, -0.15) is 0 Å². The van der Waals surface area contributed by atoms with Gasteiger partial charge in [-0.1, -0.05) is 44.2 Å². The molecule has 0 fully saturated rings. The molecule has 0 bridgehead atoms. The smallest absolute Gasteiger partial charge is 0.264 e. The number of ether oxygens (including phenoxy) is 2. The molecule has 2 N–H and O–H groups in total. The van der Waals surface area contributed by atoms with Crippen molar-refractivity contribution in [1.82, 2.24) is 5.32 Å². The predicted octanol–water partition coefficient (Wildman–Crippen LogP) is 3.08. The SMILES string of the molecule is CC(C)C(CNC(=O)C1COc2ccccc2O1)Nc1ccccc1.